The zero-order chi connectivity index (χ0) is 17.6. The molecule has 1 aliphatic heterocycles. The van der Waals surface area contributed by atoms with Crippen molar-refractivity contribution in [1.82, 2.24) is 9.88 Å². The smallest absolute Gasteiger partial charge is 0.222 e. The Morgan fingerprint density at radius 2 is 2.12 bits per heavy atom. The fraction of sp³-hybridized carbons (Fsp3) is 0.316. The van der Waals surface area contributed by atoms with Crippen LogP contribution in [0.25, 0.3) is 0 Å². The van der Waals surface area contributed by atoms with Gasteiger partial charge in [0.25, 0.3) is 0 Å². The molecule has 2 heterocycles. The minimum atomic E-state index is -0.295. The average Bonchev–Trinajstić information content (AvgIpc) is 3.04. The molecule has 6 nitrogen and oxygen atoms in total. The van der Waals surface area contributed by atoms with Crippen LogP contribution in [0.3, 0.4) is 0 Å². The van der Waals surface area contributed by atoms with Crippen molar-refractivity contribution in [1.29, 1.82) is 5.26 Å². The zero-order valence-electron chi connectivity index (χ0n) is 13.8. The standard InChI is InChI=1S/C19H20N4O2/c20-9-14-2-1-3-15(8-14)10-23-11-16(18(12-23)19(21)24)13-25-17-4-6-22-7-5-17/h1-8,16,18H,10-13H2,(H2,21,24)/t16-,18+/m0/s1. The highest BCUT2D eigenvalue weighted by atomic mass is 16.5. The molecule has 0 spiro atoms. The molecule has 0 unspecified atom stereocenters. The fourth-order valence-electron chi connectivity index (χ4n) is 3.22. The predicted molar refractivity (Wildman–Crippen MR) is 92.3 cm³/mol. The molecular weight excluding hydrogens is 316 g/mol. The van der Waals surface area contributed by atoms with E-state index in [0.717, 1.165) is 17.9 Å². The summed E-state index contributed by atoms with van der Waals surface area (Å²) < 4.78 is 5.79. The third-order valence-corrected chi connectivity index (χ3v) is 4.46. The molecule has 128 valence electrons. The molecule has 2 atom stereocenters. The van der Waals surface area contributed by atoms with E-state index in [1.807, 2.05) is 18.2 Å². The topological polar surface area (TPSA) is 92.2 Å². The lowest BCUT2D eigenvalue weighted by molar-refractivity contribution is -0.122. The van der Waals surface area contributed by atoms with Crippen LogP contribution in [0.2, 0.25) is 0 Å². The van der Waals surface area contributed by atoms with Gasteiger partial charge >= 0.3 is 0 Å². The van der Waals surface area contributed by atoms with E-state index in [0.29, 0.717) is 25.3 Å². The number of hydrogen-bond acceptors (Lipinski definition) is 5. The first-order chi connectivity index (χ1) is 12.2. The normalized spacial score (nSPS) is 20.1. The van der Waals surface area contributed by atoms with Gasteiger partial charge in [0.2, 0.25) is 5.91 Å². The van der Waals surface area contributed by atoms with Crippen LogP contribution in [0.1, 0.15) is 11.1 Å². The van der Waals surface area contributed by atoms with Crippen molar-refractivity contribution in [3.8, 4) is 11.8 Å². The minimum absolute atomic E-state index is 0.0461. The van der Waals surface area contributed by atoms with E-state index in [1.54, 1.807) is 30.6 Å². The first-order valence-corrected chi connectivity index (χ1v) is 8.19. The Labute approximate surface area is 146 Å². The molecule has 2 N–H and O–H groups in total. The number of pyridine rings is 1. The molecule has 1 aromatic heterocycles. The van der Waals surface area contributed by atoms with Crippen LogP contribution < -0.4 is 10.5 Å². The van der Waals surface area contributed by atoms with Crippen molar-refractivity contribution in [2.75, 3.05) is 19.7 Å². The highest BCUT2D eigenvalue weighted by Crippen LogP contribution is 2.26. The van der Waals surface area contributed by atoms with E-state index in [4.69, 9.17) is 15.7 Å². The Bertz CT molecular complexity index is 772. The Balaban J connectivity index is 1.63. The summed E-state index contributed by atoms with van der Waals surface area (Å²) in [6.45, 7) is 2.46. The van der Waals surface area contributed by atoms with Crippen LogP contribution in [0.5, 0.6) is 5.75 Å². The Morgan fingerprint density at radius 3 is 2.84 bits per heavy atom. The quantitative estimate of drug-likeness (QED) is 0.864. The van der Waals surface area contributed by atoms with Crippen LogP contribution in [0.15, 0.2) is 48.8 Å². The summed E-state index contributed by atoms with van der Waals surface area (Å²) >= 11 is 0. The molecule has 1 aromatic carbocycles. The highest BCUT2D eigenvalue weighted by molar-refractivity contribution is 5.77. The molecule has 3 rings (SSSR count). The number of ether oxygens (including phenoxy) is 1. The third-order valence-electron chi connectivity index (χ3n) is 4.46. The second kappa shape index (κ2) is 7.77. The fourth-order valence-corrected chi connectivity index (χ4v) is 3.22. The number of nitriles is 1. The number of primary amides is 1. The summed E-state index contributed by atoms with van der Waals surface area (Å²) in [6.07, 6.45) is 3.34. The highest BCUT2D eigenvalue weighted by Gasteiger charge is 2.36. The number of aromatic nitrogens is 1. The first-order valence-electron chi connectivity index (χ1n) is 8.19. The molecule has 0 bridgehead atoms. The summed E-state index contributed by atoms with van der Waals surface area (Å²) in [7, 11) is 0. The number of carbonyl (C=O) groups excluding carboxylic acids is 1. The van der Waals surface area contributed by atoms with Crippen LogP contribution in [-0.2, 0) is 11.3 Å². The van der Waals surface area contributed by atoms with Crippen molar-refractivity contribution in [3.63, 3.8) is 0 Å². The van der Waals surface area contributed by atoms with Gasteiger partial charge in [-0.25, -0.2) is 0 Å². The molecule has 1 saturated heterocycles. The second-order valence-corrected chi connectivity index (χ2v) is 6.27. The van der Waals surface area contributed by atoms with Crippen molar-refractivity contribution in [2.45, 2.75) is 6.54 Å². The van der Waals surface area contributed by atoms with Gasteiger partial charge < -0.3 is 10.5 Å². The van der Waals surface area contributed by atoms with E-state index >= 15 is 0 Å². The van der Waals surface area contributed by atoms with E-state index in [-0.39, 0.29) is 17.7 Å². The summed E-state index contributed by atoms with van der Waals surface area (Å²) in [4.78, 5) is 18.0. The number of likely N-dealkylation sites (tertiary alicyclic amines) is 1. The molecule has 0 aliphatic carbocycles. The molecule has 0 saturated carbocycles. The van der Waals surface area contributed by atoms with Gasteiger partial charge in [-0.05, 0) is 29.8 Å². The number of nitrogens with two attached hydrogens (primary N) is 1. The number of amides is 1. The Hall–Kier alpha value is -2.91. The maximum Gasteiger partial charge on any atom is 0.222 e. The predicted octanol–water partition coefficient (Wildman–Crippen LogP) is 1.57. The summed E-state index contributed by atoms with van der Waals surface area (Å²) in [5, 5.41) is 9.01. The van der Waals surface area contributed by atoms with E-state index < -0.39 is 0 Å². The van der Waals surface area contributed by atoms with Gasteiger partial charge in [-0.3, -0.25) is 14.7 Å². The van der Waals surface area contributed by atoms with Gasteiger partial charge in [0, 0.05) is 37.9 Å². The number of nitrogens with zero attached hydrogens (tertiary/aromatic N) is 3. The van der Waals surface area contributed by atoms with Crippen LogP contribution in [0.4, 0.5) is 0 Å². The molecule has 25 heavy (non-hydrogen) atoms. The monoisotopic (exact) mass is 336 g/mol. The van der Waals surface area contributed by atoms with Crippen LogP contribution in [-0.4, -0.2) is 35.5 Å². The zero-order valence-corrected chi connectivity index (χ0v) is 13.8. The molecule has 1 fully saturated rings. The number of rotatable bonds is 6. The Kier molecular flexibility index (Phi) is 5.26. The summed E-state index contributed by atoms with van der Waals surface area (Å²) in [6, 6.07) is 13.3. The third kappa shape index (κ3) is 4.34. The summed E-state index contributed by atoms with van der Waals surface area (Å²) in [5.41, 5.74) is 7.28. The molecule has 6 heteroatoms. The average molecular weight is 336 g/mol. The lowest BCUT2D eigenvalue weighted by atomic mass is 9.96. The van der Waals surface area contributed by atoms with Gasteiger partial charge in [0.05, 0.1) is 24.2 Å². The van der Waals surface area contributed by atoms with Crippen molar-refractivity contribution in [3.05, 3.63) is 59.9 Å². The van der Waals surface area contributed by atoms with E-state index in [2.05, 4.69) is 16.0 Å². The largest absolute Gasteiger partial charge is 0.493 e. The lowest BCUT2D eigenvalue weighted by Crippen LogP contribution is -2.32. The van der Waals surface area contributed by atoms with Gasteiger partial charge in [0.15, 0.2) is 0 Å². The van der Waals surface area contributed by atoms with Gasteiger partial charge in [-0.1, -0.05) is 12.1 Å². The minimum Gasteiger partial charge on any atom is -0.493 e. The van der Waals surface area contributed by atoms with Crippen LogP contribution >= 0.6 is 0 Å². The van der Waals surface area contributed by atoms with Crippen molar-refractivity contribution >= 4 is 5.91 Å². The van der Waals surface area contributed by atoms with Crippen LogP contribution in [0, 0.1) is 23.2 Å². The lowest BCUT2D eigenvalue weighted by Gasteiger charge is -2.16. The van der Waals surface area contributed by atoms with Crippen molar-refractivity contribution < 1.29 is 9.53 Å². The van der Waals surface area contributed by atoms with Gasteiger partial charge in [-0.2, -0.15) is 5.26 Å². The molecular formula is C19H20N4O2. The maximum absolute atomic E-state index is 11.8. The molecule has 0 radical (unpaired) electrons. The van der Waals surface area contributed by atoms with Crippen molar-refractivity contribution in [2.24, 2.45) is 17.6 Å². The first kappa shape index (κ1) is 16.9. The second-order valence-electron chi connectivity index (χ2n) is 6.27. The summed E-state index contributed by atoms with van der Waals surface area (Å²) in [5.74, 6) is 0.251. The number of hydrogen-bond donors (Lipinski definition) is 1. The number of carbonyl (C=O) groups is 1. The van der Waals surface area contributed by atoms with E-state index in [9.17, 15) is 4.79 Å². The van der Waals surface area contributed by atoms with Gasteiger partial charge in [-0.15, -0.1) is 0 Å². The Morgan fingerprint density at radius 1 is 1.32 bits per heavy atom. The SMILES string of the molecule is N#Cc1cccc(CN2C[C@@H](COc3ccncc3)[C@H](C(N)=O)C2)c1. The number of benzene rings is 1. The molecule has 1 amide bonds. The molecule has 2 aromatic rings. The van der Waals surface area contributed by atoms with Gasteiger partial charge in [0.1, 0.15) is 5.75 Å². The van der Waals surface area contributed by atoms with E-state index in [1.165, 1.54) is 0 Å². The molecule has 1 aliphatic rings. The maximum atomic E-state index is 11.8.